The molecule has 3 aromatic rings. The molecule has 0 saturated heterocycles. The summed E-state index contributed by atoms with van der Waals surface area (Å²) in [6.45, 7) is 3.01. The molecule has 0 unspecified atom stereocenters. The first-order chi connectivity index (χ1) is 11.7. The maximum atomic E-state index is 14.2. The standard InChI is InChI=1S/C17H16BrFN4O/c1-2-10-9-23-16(22-10)13(18)8-21-17(23)20-7-12-11-5-6-24-15(11)4-3-14(12)19/h3-4,8-9H,2,5-7H2,1H3,(H,20,21). The molecule has 0 fully saturated rings. The summed E-state index contributed by atoms with van der Waals surface area (Å²) >= 11 is 3.47. The number of rotatable bonds is 4. The van der Waals surface area contributed by atoms with Gasteiger partial charge in [-0.15, -0.1) is 0 Å². The van der Waals surface area contributed by atoms with Crippen LogP contribution in [0.3, 0.4) is 0 Å². The van der Waals surface area contributed by atoms with Crippen LogP contribution in [0.5, 0.6) is 5.75 Å². The number of halogens is 2. The molecule has 5 nitrogen and oxygen atoms in total. The number of hydrogen-bond acceptors (Lipinski definition) is 4. The Morgan fingerprint density at radius 2 is 2.29 bits per heavy atom. The summed E-state index contributed by atoms with van der Waals surface area (Å²) in [6.07, 6.45) is 5.23. The lowest BCUT2D eigenvalue weighted by molar-refractivity contribution is 0.356. The Hall–Kier alpha value is -2.15. The highest BCUT2D eigenvalue weighted by Crippen LogP contribution is 2.30. The largest absolute Gasteiger partial charge is 0.493 e. The number of hydrogen-bond donors (Lipinski definition) is 1. The average molecular weight is 391 g/mol. The SMILES string of the molecule is CCc1cn2c(NCc3c(F)ccc4c3CCO4)ncc(Br)c2n1. The quantitative estimate of drug-likeness (QED) is 0.736. The lowest BCUT2D eigenvalue weighted by Crippen LogP contribution is -2.09. The van der Waals surface area contributed by atoms with E-state index in [0.717, 1.165) is 40.0 Å². The van der Waals surface area contributed by atoms with Crippen LogP contribution in [-0.4, -0.2) is 21.0 Å². The minimum Gasteiger partial charge on any atom is -0.493 e. The van der Waals surface area contributed by atoms with Gasteiger partial charge in [-0.1, -0.05) is 6.92 Å². The van der Waals surface area contributed by atoms with Crippen LogP contribution in [0.2, 0.25) is 0 Å². The fraction of sp³-hybridized carbons (Fsp3) is 0.294. The topological polar surface area (TPSA) is 51.5 Å². The summed E-state index contributed by atoms with van der Waals surface area (Å²) in [5.41, 5.74) is 3.35. The van der Waals surface area contributed by atoms with Crippen LogP contribution in [0.4, 0.5) is 10.3 Å². The van der Waals surface area contributed by atoms with E-state index in [1.807, 2.05) is 10.6 Å². The van der Waals surface area contributed by atoms with Crippen LogP contribution >= 0.6 is 15.9 Å². The Morgan fingerprint density at radius 1 is 1.42 bits per heavy atom. The monoisotopic (exact) mass is 390 g/mol. The van der Waals surface area contributed by atoms with E-state index in [2.05, 4.69) is 38.1 Å². The van der Waals surface area contributed by atoms with Gasteiger partial charge in [0.2, 0.25) is 5.95 Å². The number of nitrogens with one attached hydrogen (secondary N) is 1. The van der Waals surface area contributed by atoms with Crippen molar-refractivity contribution in [2.75, 3.05) is 11.9 Å². The van der Waals surface area contributed by atoms with E-state index in [4.69, 9.17) is 4.74 Å². The molecule has 124 valence electrons. The number of benzene rings is 1. The Labute approximate surface area is 147 Å². The fourth-order valence-corrected chi connectivity index (χ4v) is 3.35. The average Bonchev–Trinajstić information content (AvgIpc) is 3.22. The predicted molar refractivity (Wildman–Crippen MR) is 93.0 cm³/mol. The van der Waals surface area contributed by atoms with Crippen LogP contribution in [-0.2, 0) is 19.4 Å². The van der Waals surface area contributed by atoms with Crippen molar-refractivity contribution in [2.45, 2.75) is 26.3 Å². The van der Waals surface area contributed by atoms with Gasteiger partial charge in [-0.25, -0.2) is 14.4 Å². The second-order valence-electron chi connectivity index (χ2n) is 5.66. The fourth-order valence-electron chi connectivity index (χ4n) is 2.97. The third kappa shape index (κ3) is 2.53. The minimum atomic E-state index is -0.222. The molecular formula is C17H16BrFN4O. The Kier molecular flexibility index (Phi) is 3.88. The summed E-state index contributed by atoms with van der Waals surface area (Å²) in [7, 11) is 0. The van der Waals surface area contributed by atoms with E-state index in [-0.39, 0.29) is 5.82 Å². The zero-order valence-corrected chi connectivity index (χ0v) is 14.7. The maximum absolute atomic E-state index is 14.2. The van der Waals surface area contributed by atoms with E-state index in [0.29, 0.717) is 24.7 Å². The molecule has 0 aliphatic carbocycles. The van der Waals surface area contributed by atoms with Gasteiger partial charge in [0.25, 0.3) is 0 Å². The first-order valence-electron chi connectivity index (χ1n) is 7.86. The van der Waals surface area contributed by atoms with Gasteiger partial charge < -0.3 is 10.1 Å². The lowest BCUT2D eigenvalue weighted by atomic mass is 10.0. The van der Waals surface area contributed by atoms with Crippen molar-refractivity contribution < 1.29 is 9.13 Å². The van der Waals surface area contributed by atoms with Crippen molar-refractivity contribution in [3.8, 4) is 5.75 Å². The third-order valence-corrected chi connectivity index (χ3v) is 4.78. The molecule has 1 aliphatic rings. The summed E-state index contributed by atoms with van der Waals surface area (Å²) in [4.78, 5) is 8.97. The molecule has 0 spiro atoms. The number of nitrogens with zero attached hydrogens (tertiary/aromatic N) is 3. The van der Waals surface area contributed by atoms with Crippen LogP contribution in [0.15, 0.2) is 29.0 Å². The van der Waals surface area contributed by atoms with Crippen molar-refractivity contribution in [3.05, 3.63) is 51.6 Å². The van der Waals surface area contributed by atoms with Crippen molar-refractivity contribution in [1.82, 2.24) is 14.4 Å². The summed E-state index contributed by atoms with van der Waals surface area (Å²) in [5.74, 6) is 1.19. The predicted octanol–water partition coefficient (Wildman–Crippen LogP) is 3.74. The van der Waals surface area contributed by atoms with Crippen LogP contribution in [0.25, 0.3) is 5.65 Å². The van der Waals surface area contributed by atoms with Crippen molar-refractivity contribution in [1.29, 1.82) is 0 Å². The molecule has 1 N–H and O–H groups in total. The van der Waals surface area contributed by atoms with Crippen molar-refractivity contribution >= 4 is 27.5 Å². The van der Waals surface area contributed by atoms with Crippen molar-refractivity contribution in [3.63, 3.8) is 0 Å². The molecule has 0 atom stereocenters. The van der Waals surface area contributed by atoms with Gasteiger partial charge in [0.15, 0.2) is 5.65 Å². The van der Waals surface area contributed by atoms with Crippen LogP contribution < -0.4 is 10.1 Å². The van der Waals surface area contributed by atoms with E-state index in [9.17, 15) is 4.39 Å². The number of fused-ring (bicyclic) bond motifs is 2. The Morgan fingerprint density at radius 3 is 3.12 bits per heavy atom. The second kappa shape index (κ2) is 6.05. The molecule has 0 radical (unpaired) electrons. The van der Waals surface area contributed by atoms with Gasteiger partial charge >= 0.3 is 0 Å². The molecule has 0 saturated carbocycles. The normalized spacial score (nSPS) is 13.1. The second-order valence-corrected chi connectivity index (χ2v) is 6.52. The van der Waals surface area contributed by atoms with E-state index in [1.54, 1.807) is 12.3 Å². The van der Waals surface area contributed by atoms with Crippen molar-refractivity contribution in [2.24, 2.45) is 0 Å². The zero-order chi connectivity index (χ0) is 16.7. The van der Waals surface area contributed by atoms with E-state index >= 15 is 0 Å². The summed E-state index contributed by atoms with van der Waals surface area (Å²) in [5, 5.41) is 3.23. The summed E-state index contributed by atoms with van der Waals surface area (Å²) < 4.78 is 22.5. The first kappa shape index (κ1) is 15.4. The summed E-state index contributed by atoms with van der Waals surface area (Å²) in [6, 6.07) is 3.15. The molecule has 2 aromatic heterocycles. The van der Waals surface area contributed by atoms with Gasteiger partial charge in [-0.3, -0.25) is 4.40 Å². The highest BCUT2D eigenvalue weighted by Gasteiger charge is 2.19. The molecule has 1 aromatic carbocycles. The molecule has 0 amide bonds. The highest BCUT2D eigenvalue weighted by atomic mass is 79.9. The number of imidazole rings is 1. The number of anilines is 1. The maximum Gasteiger partial charge on any atom is 0.208 e. The smallest absolute Gasteiger partial charge is 0.208 e. The molecular weight excluding hydrogens is 375 g/mol. The Bertz CT molecular complexity index is 925. The third-order valence-electron chi connectivity index (χ3n) is 4.22. The van der Waals surface area contributed by atoms with Gasteiger partial charge in [-0.2, -0.15) is 0 Å². The van der Waals surface area contributed by atoms with E-state index in [1.165, 1.54) is 6.07 Å². The van der Waals surface area contributed by atoms with Gasteiger partial charge in [0.05, 0.1) is 16.8 Å². The minimum absolute atomic E-state index is 0.222. The number of aryl methyl sites for hydroxylation is 1. The Balaban J connectivity index is 1.68. The number of ether oxygens (including phenoxy) is 1. The van der Waals surface area contributed by atoms with Gasteiger partial charge in [-0.05, 0) is 34.5 Å². The molecule has 3 heterocycles. The first-order valence-corrected chi connectivity index (χ1v) is 8.66. The van der Waals surface area contributed by atoms with E-state index < -0.39 is 0 Å². The lowest BCUT2D eigenvalue weighted by Gasteiger charge is -2.12. The van der Waals surface area contributed by atoms with Crippen LogP contribution in [0.1, 0.15) is 23.7 Å². The van der Waals surface area contributed by atoms with Gasteiger partial charge in [0.1, 0.15) is 11.6 Å². The molecule has 24 heavy (non-hydrogen) atoms. The molecule has 1 aliphatic heterocycles. The molecule has 7 heteroatoms. The molecule has 0 bridgehead atoms. The molecule has 4 rings (SSSR count). The highest BCUT2D eigenvalue weighted by molar-refractivity contribution is 9.10. The zero-order valence-electron chi connectivity index (χ0n) is 13.1. The van der Waals surface area contributed by atoms with Gasteiger partial charge in [0, 0.05) is 36.5 Å². The number of aromatic nitrogens is 3. The van der Waals surface area contributed by atoms with Crippen LogP contribution in [0, 0.1) is 5.82 Å².